The van der Waals surface area contributed by atoms with Gasteiger partial charge in [-0.25, -0.2) is 0 Å². The van der Waals surface area contributed by atoms with Crippen molar-refractivity contribution >= 4 is 5.91 Å². The van der Waals surface area contributed by atoms with E-state index in [1.807, 2.05) is 31.2 Å². The number of ether oxygens (including phenoxy) is 1. The Morgan fingerprint density at radius 2 is 2.00 bits per heavy atom. The van der Waals surface area contributed by atoms with E-state index in [1.165, 1.54) is 0 Å². The van der Waals surface area contributed by atoms with Gasteiger partial charge in [0.1, 0.15) is 0 Å². The molecule has 2 aromatic rings. The molecule has 128 valence electrons. The smallest absolute Gasteiger partial charge is 0.237 e. The Morgan fingerprint density at radius 3 is 2.62 bits per heavy atom. The number of benzene rings is 1. The zero-order valence-electron chi connectivity index (χ0n) is 14.0. The average Bonchev–Trinajstić information content (AvgIpc) is 3.06. The van der Waals surface area contributed by atoms with E-state index in [4.69, 9.17) is 9.26 Å². The van der Waals surface area contributed by atoms with Crippen LogP contribution in [-0.2, 0) is 16.1 Å². The second-order valence-electron chi connectivity index (χ2n) is 5.88. The fourth-order valence-electron chi connectivity index (χ4n) is 2.66. The number of nitrogens with one attached hydrogen (secondary N) is 1. The molecule has 7 heteroatoms. The molecule has 2 heterocycles. The van der Waals surface area contributed by atoms with Crippen LogP contribution in [0, 0.1) is 6.92 Å². The number of aromatic nitrogens is 2. The van der Waals surface area contributed by atoms with Crippen molar-refractivity contribution in [3.8, 4) is 11.4 Å². The van der Waals surface area contributed by atoms with Gasteiger partial charge in [0.2, 0.25) is 17.6 Å². The summed E-state index contributed by atoms with van der Waals surface area (Å²) in [5, 5.41) is 6.88. The van der Waals surface area contributed by atoms with Crippen molar-refractivity contribution in [2.75, 3.05) is 26.3 Å². The highest BCUT2D eigenvalue weighted by molar-refractivity contribution is 5.81. The molecule has 1 aromatic carbocycles. The van der Waals surface area contributed by atoms with E-state index in [2.05, 4.69) is 20.4 Å². The molecular formula is C17H22N4O3. The van der Waals surface area contributed by atoms with Crippen LogP contribution >= 0.6 is 0 Å². The molecule has 1 saturated heterocycles. The number of hydrogen-bond acceptors (Lipinski definition) is 6. The number of carbonyl (C=O) groups excluding carboxylic acids is 1. The Labute approximate surface area is 141 Å². The lowest BCUT2D eigenvalue weighted by atomic mass is 10.1. The van der Waals surface area contributed by atoms with Crippen molar-refractivity contribution in [1.82, 2.24) is 20.4 Å². The van der Waals surface area contributed by atoms with E-state index in [1.54, 1.807) is 6.92 Å². The molecule has 1 aliphatic rings. The molecule has 0 spiro atoms. The summed E-state index contributed by atoms with van der Waals surface area (Å²) in [5.74, 6) is 1.15. The van der Waals surface area contributed by atoms with Crippen LogP contribution in [0.15, 0.2) is 28.8 Å². The maximum atomic E-state index is 12.3. The van der Waals surface area contributed by atoms with Gasteiger partial charge < -0.3 is 14.6 Å². The highest BCUT2D eigenvalue weighted by Crippen LogP contribution is 2.16. The molecule has 0 bridgehead atoms. The van der Waals surface area contributed by atoms with Crippen molar-refractivity contribution in [3.05, 3.63) is 35.7 Å². The molecule has 1 aromatic heterocycles. The van der Waals surface area contributed by atoms with Crippen molar-refractivity contribution in [1.29, 1.82) is 0 Å². The minimum Gasteiger partial charge on any atom is -0.379 e. The van der Waals surface area contributed by atoms with E-state index < -0.39 is 0 Å². The van der Waals surface area contributed by atoms with Crippen LogP contribution < -0.4 is 5.32 Å². The Bertz CT molecular complexity index is 677. The van der Waals surface area contributed by atoms with Crippen molar-refractivity contribution in [2.45, 2.75) is 26.4 Å². The Morgan fingerprint density at radius 1 is 1.29 bits per heavy atom. The second kappa shape index (κ2) is 7.55. The molecule has 1 unspecified atom stereocenters. The first kappa shape index (κ1) is 16.6. The largest absolute Gasteiger partial charge is 0.379 e. The summed E-state index contributed by atoms with van der Waals surface area (Å²) in [6.45, 7) is 7.17. The van der Waals surface area contributed by atoms with Gasteiger partial charge in [-0.05, 0) is 12.5 Å². The van der Waals surface area contributed by atoms with Gasteiger partial charge in [0, 0.05) is 32.1 Å². The summed E-state index contributed by atoms with van der Waals surface area (Å²) in [4.78, 5) is 18.6. The fraction of sp³-hybridized carbons (Fsp3) is 0.471. The quantitative estimate of drug-likeness (QED) is 0.892. The predicted octanol–water partition coefficient (Wildman–Crippen LogP) is 1.38. The fourth-order valence-corrected chi connectivity index (χ4v) is 2.66. The van der Waals surface area contributed by atoms with Crippen LogP contribution in [0.1, 0.15) is 18.4 Å². The summed E-state index contributed by atoms with van der Waals surface area (Å²) in [6.07, 6.45) is 0. The van der Waals surface area contributed by atoms with Gasteiger partial charge in [-0.2, -0.15) is 4.98 Å². The first-order valence-corrected chi connectivity index (χ1v) is 8.12. The molecule has 1 fully saturated rings. The first-order chi connectivity index (χ1) is 11.6. The average molecular weight is 330 g/mol. The number of nitrogens with zero attached hydrogens (tertiary/aromatic N) is 3. The first-order valence-electron chi connectivity index (χ1n) is 8.12. The van der Waals surface area contributed by atoms with Gasteiger partial charge in [-0.15, -0.1) is 0 Å². The van der Waals surface area contributed by atoms with E-state index in [0.29, 0.717) is 31.5 Å². The predicted molar refractivity (Wildman–Crippen MR) is 88.2 cm³/mol. The summed E-state index contributed by atoms with van der Waals surface area (Å²) < 4.78 is 10.3. The zero-order valence-corrected chi connectivity index (χ0v) is 14.0. The minimum absolute atomic E-state index is 0.0368. The van der Waals surface area contributed by atoms with Crippen LogP contribution in [0.4, 0.5) is 0 Å². The van der Waals surface area contributed by atoms with E-state index >= 15 is 0 Å². The third-order valence-electron chi connectivity index (χ3n) is 4.18. The molecule has 3 rings (SSSR count). The van der Waals surface area contributed by atoms with Gasteiger partial charge in [0.25, 0.3) is 0 Å². The minimum atomic E-state index is -0.143. The topological polar surface area (TPSA) is 80.5 Å². The zero-order chi connectivity index (χ0) is 16.9. The third-order valence-corrected chi connectivity index (χ3v) is 4.18. The number of morpholine rings is 1. The number of carbonyl (C=O) groups is 1. The number of amides is 1. The maximum Gasteiger partial charge on any atom is 0.237 e. The van der Waals surface area contributed by atoms with Crippen LogP contribution in [0.5, 0.6) is 0 Å². The number of aryl methyl sites for hydroxylation is 1. The summed E-state index contributed by atoms with van der Waals surface area (Å²) in [7, 11) is 0. The highest BCUT2D eigenvalue weighted by Gasteiger charge is 2.22. The molecular weight excluding hydrogens is 308 g/mol. The molecule has 0 aliphatic carbocycles. The Balaban J connectivity index is 1.53. The molecule has 7 nitrogen and oxygen atoms in total. The lowest BCUT2D eigenvalue weighted by Crippen LogP contribution is -2.49. The lowest BCUT2D eigenvalue weighted by molar-refractivity contribution is -0.127. The monoisotopic (exact) mass is 330 g/mol. The number of hydrogen-bond donors (Lipinski definition) is 1. The van der Waals surface area contributed by atoms with Crippen molar-refractivity contribution in [2.24, 2.45) is 0 Å². The van der Waals surface area contributed by atoms with Gasteiger partial charge in [-0.3, -0.25) is 9.69 Å². The maximum absolute atomic E-state index is 12.3. The lowest BCUT2D eigenvalue weighted by Gasteiger charge is -2.31. The Kier molecular flexibility index (Phi) is 5.22. The highest BCUT2D eigenvalue weighted by atomic mass is 16.5. The van der Waals surface area contributed by atoms with Crippen LogP contribution in [0.25, 0.3) is 11.4 Å². The van der Waals surface area contributed by atoms with E-state index in [0.717, 1.165) is 24.2 Å². The van der Waals surface area contributed by atoms with E-state index in [9.17, 15) is 4.79 Å². The molecule has 1 atom stereocenters. The van der Waals surface area contributed by atoms with Gasteiger partial charge in [-0.1, -0.05) is 29.4 Å². The number of rotatable bonds is 5. The van der Waals surface area contributed by atoms with Gasteiger partial charge in [0.05, 0.1) is 19.3 Å². The van der Waals surface area contributed by atoms with Gasteiger partial charge >= 0.3 is 0 Å². The summed E-state index contributed by atoms with van der Waals surface area (Å²) >= 11 is 0. The van der Waals surface area contributed by atoms with Gasteiger partial charge in [0.15, 0.2) is 0 Å². The van der Waals surface area contributed by atoms with Crippen molar-refractivity contribution < 1.29 is 14.1 Å². The van der Waals surface area contributed by atoms with E-state index in [-0.39, 0.29) is 11.9 Å². The second-order valence-corrected chi connectivity index (χ2v) is 5.88. The standard InChI is InChI=1S/C17H22N4O3/c1-12(21-7-9-23-10-8-21)17(22)18-11-14-3-5-15(6-4-14)16-19-13(2)24-20-16/h3-6,12H,7-11H2,1-2H3,(H,18,22). The molecule has 1 N–H and O–H groups in total. The summed E-state index contributed by atoms with van der Waals surface area (Å²) in [5.41, 5.74) is 1.92. The third kappa shape index (κ3) is 3.98. The molecule has 0 saturated carbocycles. The summed E-state index contributed by atoms with van der Waals surface area (Å²) in [6, 6.07) is 7.63. The molecule has 24 heavy (non-hydrogen) atoms. The van der Waals surface area contributed by atoms with Crippen LogP contribution in [-0.4, -0.2) is 53.3 Å². The molecule has 0 radical (unpaired) electrons. The van der Waals surface area contributed by atoms with Crippen LogP contribution in [0.2, 0.25) is 0 Å². The molecule has 1 aliphatic heterocycles. The Hall–Kier alpha value is -2.25. The molecule has 1 amide bonds. The van der Waals surface area contributed by atoms with Crippen molar-refractivity contribution in [3.63, 3.8) is 0 Å². The SMILES string of the molecule is Cc1nc(-c2ccc(CNC(=O)C(C)N3CCOCC3)cc2)no1. The van der Waals surface area contributed by atoms with Crippen LogP contribution in [0.3, 0.4) is 0 Å². The normalized spacial score (nSPS) is 16.8.